The number of nitrogens with one attached hydrogen (secondary N) is 2. The van der Waals surface area contributed by atoms with Gasteiger partial charge in [-0.3, -0.25) is 19.7 Å². The molecule has 1 fully saturated rings. The summed E-state index contributed by atoms with van der Waals surface area (Å²) in [6, 6.07) is 8.32. The maximum absolute atomic E-state index is 12.2. The van der Waals surface area contributed by atoms with Crippen molar-refractivity contribution in [3.8, 4) is 0 Å². The lowest BCUT2D eigenvalue weighted by Gasteiger charge is -2.04. The molecule has 0 atom stereocenters. The van der Waals surface area contributed by atoms with Gasteiger partial charge in [-0.05, 0) is 44.0 Å². The quantitative estimate of drug-likeness (QED) is 0.307. The fourth-order valence-electron chi connectivity index (χ4n) is 2.55. The van der Waals surface area contributed by atoms with E-state index in [2.05, 4.69) is 26.0 Å². The van der Waals surface area contributed by atoms with Crippen LogP contribution in [0.4, 0.5) is 10.8 Å². The van der Waals surface area contributed by atoms with Crippen molar-refractivity contribution in [1.29, 1.82) is 0 Å². The highest BCUT2D eigenvalue weighted by atomic mass is 32.2. The Morgan fingerprint density at radius 3 is 2.63 bits per heavy atom. The fourth-order valence-corrected chi connectivity index (χ4v) is 4.10. The number of carbonyl (C=O) groups excluding carboxylic acids is 3. The first-order valence-electron chi connectivity index (χ1n) is 9.13. The third kappa shape index (κ3) is 5.10. The van der Waals surface area contributed by atoms with Gasteiger partial charge in [-0.15, -0.1) is 10.2 Å². The van der Waals surface area contributed by atoms with Gasteiger partial charge in [-0.25, -0.2) is 0 Å². The van der Waals surface area contributed by atoms with Gasteiger partial charge >= 0.3 is 0 Å². The van der Waals surface area contributed by atoms with E-state index in [0.29, 0.717) is 26.6 Å². The van der Waals surface area contributed by atoms with Gasteiger partial charge in [-0.2, -0.15) is 0 Å². The molecule has 2 amide bonds. The SMILES string of the molecule is CC(=O)c1ccc(NC(=O)CSc2nnc(NC(=O)c3cc(C4CC4)on3)s2)cc1. The van der Waals surface area contributed by atoms with Crippen molar-refractivity contribution in [2.75, 3.05) is 16.4 Å². The van der Waals surface area contributed by atoms with E-state index in [-0.39, 0.29) is 23.1 Å². The van der Waals surface area contributed by atoms with Crippen molar-refractivity contribution in [3.05, 3.63) is 47.3 Å². The molecule has 0 bridgehead atoms. The number of anilines is 2. The van der Waals surface area contributed by atoms with Gasteiger partial charge in [0, 0.05) is 23.2 Å². The summed E-state index contributed by atoms with van der Waals surface area (Å²) in [5.74, 6) is 0.578. The summed E-state index contributed by atoms with van der Waals surface area (Å²) in [7, 11) is 0. The number of hydrogen-bond acceptors (Lipinski definition) is 9. The molecule has 2 aromatic heterocycles. The molecular weight excluding hydrogens is 426 g/mol. The Balaban J connectivity index is 1.26. The molecule has 3 aromatic rings. The van der Waals surface area contributed by atoms with Crippen LogP contribution < -0.4 is 10.6 Å². The maximum Gasteiger partial charge on any atom is 0.279 e. The van der Waals surface area contributed by atoms with Crippen molar-refractivity contribution in [1.82, 2.24) is 15.4 Å². The van der Waals surface area contributed by atoms with Gasteiger partial charge in [0.1, 0.15) is 5.76 Å². The second-order valence-electron chi connectivity index (χ2n) is 6.69. The first kappa shape index (κ1) is 20.2. The van der Waals surface area contributed by atoms with Crippen molar-refractivity contribution in [3.63, 3.8) is 0 Å². The zero-order valence-electron chi connectivity index (χ0n) is 15.9. The van der Waals surface area contributed by atoms with Crippen LogP contribution in [0.15, 0.2) is 39.2 Å². The van der Waals surface area contributed by atoms with Crippen molar-refractivity contribution in [2.24, 2.45) is 0 Å². The van der Waals surface area contributed by atoms with Crippen LogP contribution in [0, 0.1) is 0 Å². The Bertz CT molecular complexity index is 1090. The summed E-state index contributed by atoms with van der Waals surface area (Å²) in [6.45, 7) is 1.49. The molecule has 154 valence electrons. The second-order valence-corrected chi connectivity index (χ2v) is 8.89. The molecule has 9 nitrogen and oxygen atoms in total. The highest BCUT2D eigenvalue weighted by molar-refractivity contribution is 8.01. The van der Waals surface area contributed by atoms with Crippen molar-refractivity contribution >= 4 is 51.5 Å². The van der Waals surface area contributed by atoms with E-state index in [0.717, 1.165) is 18.6 Å². The average Bonchev–Trinajstić information content (AvgIpc) is 3.28. The molecule has 0 radical (unpaired) electrons. The summed E-state index contributed by atoms with van der Waals surface area (Å²) in [6.07, 6.45) is 2.12. The largest absolute Gasteiger partial charge is 0.360 e. The summed E-state index contributed by atoms with van der Waals surface area (Å²) in [4.78, 5) is 35.6. The van der Waals surface area contributed by atoms with Crippen LogP contribution in [-0.2, 0) is 4.79 Å². The number of carbonyl (C=O) groups is 3. The monoisotopic (exact) mass is 443 g/mol. The predicted octanol–water partition coefficient (Wildman–Crippen LogP) is 3.59. The molecule has 0 unspecified atom stereocenters. The minimum absolute atomic E-state index is 0.0329. The number of thioether (sulfide) groups is 1. The lowest BCUT2D eigenvalue weighted by molar-refractivity contribution is -0.113. The normalized spacial score (nSPS) is 13.1. The summed E-state index contributed by atoms with van der Waals surface area (Å²) in [5.41, 5.74) is 1.39. The molecule has 1 saturated carbocycles. The first-order valence-corrected chi connectivity index (χ1v) is 10.9. The number of hydrogen-bond donors (Lipinski definition) is 2. The van der Waals surface area contributed by atoms with E-state index in [1.54, 1.807) is 30.3 Å². The molecule has 1 aliphatic carbocycles. The number of ketones is 1. The average molecular weight is 444 g/mol. The van der Waals surface area contributed by atoms with Crippen LogP contribution in [0.2, 0.25) is 0 Å². The van der Waals surface area contributed by atoms with Crippen LogP contribution in [-0.4, -0.2) is 38.7 Å². The van der Waals surface area contributed by atoms with E-state index in [1.807, 2.05) is 0 Å². The van der Waals surface area contributed by atoms with E-state index < -0.39 is 5.91 Å². The number of benzene rings is 1. The Hall–Kier alpha value is -3.05. The van der Waals surface area contributed by atoms with Crippen LogP contribution in [0.5, 0.6) is 0 Å². The third-order valence-electron chi connectivity index (χ3n) is 4.27. The molecule has 2 N–H and O–H groups in total. The molecule has 11 heteroatoms. The number of Topliss-reactive ketones (excluding diaryl/α,β-unsaturated/α-hetero) is 1. The number of aromatic nitrogens is 3. The fraction of sp³-hybridized carbons (Fsp3) is 0.263. The molecule has 2 heterocycles. The van der Waals surface area contributed by atoms with Gasteiger partial charge in [-0.1, -0.05) is 28.3 Å². The lowest BCUT2D eigenvalue weighted by atomic mass is 10.1. The van der Waals surface area contributed by atoms with Crippen LogP contribution in [0.3, 0.4) is 0 Å². The number of amides is 2. The maximum atomic E-state index is 12.2. The standard InChI is InChI=1S/C19H17N5O4S2/c1-10(25)11-4-6-13(7-5-11)20-16(26)9-29-19-23-22-18(30-19)21-17(27)14-8-15(28-24-14)12-2-3-12/h4-8,12H,2-3,9H2,1H3,(H,20,26)(H,21,22,27). The summed E-state index contributed by atoms with van der Waals surface area (Å²) >= 11 is 2.38. The van der Waals surface area contributed by atoms with Gasteiger partial charge in [0.05, 0.1) is 5.75 Å². The summed E-state index contributed by atoms with van der Waals surface area (Å²) in [5, 5.41) is 17.4. The molecule has 1 aliphatic rings. The smallest absolute Gasteiger partial charge is 0.279 e. The Morgan fingerprint density at radius 2 is 1.93 bits per heavy atom. The van der Waals surface area contributed by atoms with Crippen LogP contribution in [0.25, 0.3) is 0 Å². The molecule has 30 heavy (non-hydrogen) atoms. The van der Waals surface area contributed by atoms with E-state index in [4.69, 9.17) is 4.52 Å². The predicted molar refractivity (Wildman–Crippen MR) is 112 cm³/mol. The molecule has 0 aliphatic heterocycles. The first-order chi connectivity index (χ1) is 14.5. The van der Waals surface area contributed by atoms with Crippen LogP contribution >= 0.6 is 23.1 Å². The van der Waals surface area contributed by atoms with Gasteiger partial charge in [0.2, 0.25) is 11.0 Å². The molecule has 0 spiro atoms. The van der Waals surface area contributed by atoms with Gasteiger partial charge < -0.3 is 9.84 Å². The Labute approximate surface area is 179 Å². The minimum atomic E-state index is -0.412. The topological polar surface area (TPSA) is 127 Å². The molecular formula is C19H17N5O4S2. The van der Waals surface area contributed by atoms with E-state index in [9.17, 15) is 14.4 Å². The molecule has 1 aromatic carbocycles. The van der Waals surface area contributed by atoms with Crippen molar-refractivity contribution in [2.45, 2.75) is 30.0 Å². The van der Waals surface area contributed by atoms with Crippen molar-refractivity contribution < 1.29 is 18.9 Å². The molecule has 4 rings (SSSR count). The lowest BCUT2D eigenvalue weighted by Crippen LogP contribution is -2.14. The zero-order valence-corrected chi connectivity index (χ0v) is 17.5. The minimum Gasteiger partial charge on any atom is -0.360 e. The van der Waals surface area contributed by atoms with Gasteiger partial charge in [0.25, 0.3) is 5.91 Å². The zero-order chi connectivity index (χ0) is 21.1. The number of nitrogens with zero attached hydrogens (tertiary/aromatic N) is 3. The van der Waals surface area contributed by atoms with Crippen LogP contribution in [0.1, 0.15) is 52.3 Å². The highest BCUT2D eigenvalue weighted by Crippen LogP contribution is 2.40. The Morgan fingerprint density at radius 1 is 1.17 bits per heavy atom. The molecule has 0 saturated heterocycles. The second kappa shape index (κ2) is 8.76. The van der Waals surface area contributed by atoms with Gasteiger partial charge in [0.15, 0.2) is 15.8 Å². The van der Waals surface area contributed by atoms with E-state index >= 15 is 0 Å². The summed E-state index contributed by atoms with van der Waals surface area (Å²) < 4.78 is 5.72. The Kier molecular flexibility index (Phi) is 5.91. The van der Waals surface area contributed by atoms with E-state index in [1.165, 1.54) is 30.0 Å². The highest BCUT2D eigenvalue weighted by Gasteiger charge is 2.29. The third-order valence-corrected chi connectivity index (χ3v) is 6.24. The number of rotatable bonds is 8.